The topological polar surface area (TPSA) is 50.7 Å². The second-order valence-electron chi connectivity index (χ2n) is 5.11. The monoisotopic (exact) mass is 276 g/mol. The molecule has 4 nitrogen and oxygen atoms in total. The Morgan fingerprint density at radius 3 is 2.21 bits per heavy atom. The third kappa shape index (κ3) is 3.50. The molecule has 2 aromatic heterocycles. The Balaban J connectivity index is 2.13. The highest BCUT2D eigenvalue weighted by atomic mass is 32.1. The fourth-order valence-corrected chi connectivity index (χ4v) is 2.75. The summed E-state index contributed by atoms with van der Waals surface area (Å²) in [6.07, 6.45) is 0. The Labute approximate surface area is 118 Å². The van der Waals surface area contributed by atoms with E-state index in [-0.39, 0.29) is 6.04 Å². The Hall–Kier alpha value is -1.49. The minimum atomic E-state index is 0.116. The van der Waals surface area contributed by atoms with Crippen molar-refractivity contribution in [1.29, 1.82) is 0 Å². The lowest BCUT2D eigenvalue weighted by molar-refractivity contribution is 0.791. The second-order valence-corrected chi connectivity index (χ2v) is 6.00. The maximum atomic E-state index is 4.65. The SMILES string of the molecule is Cc1cc(C)nc(NC(C)c2csc(C(C)C)n2)n1. The minimum Gasteiger partial charge on any atom is -0.346 e. The van der Waals surface area contributed by atoms with Crippen molar-refractivity contribution in [1.82, 2.24) is 15.0 Å². The van der Waals surface area contributed by atoms with Gasteiger partial charge in [-0.2, -0.15) is 0 Å². The molecule has 1 unspecified atom stereocenters. The van der Waals surface area contributed by atoms with Gasteiger partial charge in [-0.3, -0.25) is 0 Å². The number of nitrogens with one attached hydrogen (secondary N) is 1. The fourth-order valence-electron chi connectivity index (χ4n) is 1.82. The van der Waals surface area contributed by atoms with Crippen molar-refractivity contribution < 1.29 is 0 Å². The van der Waals surface area contributed by atoms with Crippen LogP contribution >= 0.6 is 11.3 Å². The number of thiazole rings is 1. The van der Waals surface area contributed by atoms with Crippen molar-refractivity contribution in [2.45, 2.75) is 46.6 Å². The van der Waals surface area contributed by atoms with Gasteiger partial charge in [-0.1, -0.05) is 13.8 Å². The van der Waals surface area contributed by atoms with Crippen LogP contribution in [-0.2, 0) is 0 Å². The minimum absolute atomic E-state index is 0.116. The van der Waals surface area contributed by atoms with Crippen molar-refractivity contribution in [2.24, 2.45) is 0 Å². The first-order valence-corrected chi connectivity index (χ1v) is 7.38. The Morgan fingerprint density at radius 1 is 1.05 bits per heavy atom. The highest BCUT2D eigenvalue weighted by molar-refractivity contribution is 7.09. The molecule has 2 aromatic rings. The van der Waals surface area contributed by atoms with Gasteiger partial charge in [0, 0.05) is 22.7 Å². The van der Waals surface area contributed by atoms with Crippen LogP contribution < -0.4 is 5.32 Å². The molecule has 19 heavy (non-hydrogen) atoms. The first-order valence-electron chi connectivity index (χ1n) is 6.50. The van der Waals surface area contributed by atoms with Crippen molar-refractivity contribution >= 4 is 17.3 Å². The molecule has 5 heteroatoms. The van der Waals surface area contributed by atoms with Crippen LogP contribution in [0.3, 0.4) is 0 Å². The molecule has 0 bridgehead atoms. The summed E-state index contributed by atoms with van der Waals surface area (Å²) in [6, 6.07) is 2.08. The van der Waals surface area contributed by atoms with Crippen LogP contribution in [0.15, 0.2) is 11.4 Å². The van der Waals surface area contributed by atoms with Crippen molar-refractivity contribution in [3.63, 3.8) is 0 Å². The van der Waals surface area contributed by atoms with Gasteiger partial charge in [-0.25, -0.2) is 15.0 Å². The smallest absolute Gasteiger partial charge is 0.223 e. The summed E-state index contributed by atoms with van der Waals surface area (Å²) in [6.45, 7) is 10.4. The number of nitrogens with zero attached hydrogens (tertiary/aromatic N) is 3. The largest absolute Gasteiger partial charge is 0.346 e. The zero-order valence-electron chi connectivity index (χ0n) is 12.1. The van der Waals surface area contributed by atoms with Crippen LogP contribution in [0, 0.1) is 13.8 Å². The van der Waals surface area contributed by atoms with E-state index in [0.717, 1.165) is 17.1 Å². The number of hydrogen-bond donors (Lipinski definition) is 1. The molecule has 0 amide bonds. The standard InChI is InChI=1S/C14H20N4S/c1-8(2)13-18-12(7-19-13)11(5)17-14-15-9(3)6-10(4)16-14/h6-8,11H,1-5H3,(H,15,16,17). The number of rotatable bonds is 4. The first-order chi connectivity index (χ1) is 8.95. The van der Waals surface area contributed by atoms with Crippen LogP contribution in [0.25, 0.3) is 0 Å². The molecule has 0 saturated heterocycles. The summed E-state index contributed by atoms with van der Waals surface area (Å²) < 4.78 is 0. The molecule has 0 aliphatic heterocycles. The number of hydrogen-bond acceptors (Lipinski definition) is 5. The summed E-state index contributed by atoms with van der Waals surface area (Å²) in [5, 5.41) is 6.59. The summed E-state index contributed by atoms with van der Waals surface area (Å²) >= 11 is 1.71. The molecule has 0 fully saturated rings. The third-order valence-corrected chi connectivity index (χ3v) is 3.97. The van der Waals surface area contributed by atoms with E-state index in [0.29, 0.717) is 11.9 Å². The van der Waals surface area contributed by atoms with E-state index in [1.165, 1.54) is 5.01 Å². The van der Waals surface area contributed by atoms with Crippen LogP contribution in [0.4, 0.5) is 5.95 Å². The highest BCUT2D eigenvalue weighted by Crippen LogP contribution is 2.24. The molecule has 0 spiro atoms. The fraction of sp³-hybridized carbons (Fsp3) is 0.500. The van der Waals surface area contributed by atoms with Crippen LogP contribution in [-0.4, -0.2) is 15.0 Å². The van der Waals surface area contributed by atoms with Gasteiger partial charge in [-0.15, -0.1) is 11.3 Å². The normalized spacial score (nSPS) is 12.7. The van der Waals surface area contributed by atoms with Gasteiger partial charge in [0.05, 0.1) is 16.7 Å². The lowest BCUT2D eigenvalue weighted by atomic mass is 10.2. The van der Waals surface area contributed by atoms with E-state index in [1.807, 2.05) is 19.9 Å². The number of anilines is 1. The molecule has 2 rings (SSSR count). The lowest BCUT2D eigenvalue weighted by Crippen LogP contribution is -2.11. The molecular weight excluding hydrogens is 256 g/mol. The molecule has 0 saturated carbocycles. The van der Waals surface area contributed by atoms with E-state index in [1.54, 1.807) is 11.3 Å². The molecule has 2 heterocycles. The van der Waals surface area contributed by atoms with Crippen molar-refractivity contribution in [2.75, 3.05) is 5.32 Å². The van der Waals surface area contributed by atoms with Gasteiger partial charge in [0.2, 0.25) is 5.95 Å². The van der Waals surface area contributed by atoms with E-state index in [4.69, 9.17) is 0 Å². The van der Waals surface area contributed by atoms with Crippen LogP contribution in [0.2, 0.25) is 0 Å². The second kappa shape index (κ2) is 5.65. The van der Waals surface area contributed by atoms with Gasteiger partial charge in [0.1, 0.15) is 0 Å². The Kier molecular flexibility index (Phi) is 4.14. The highest BCUT2D eigenvalue weighted by Gasteiger charge is 2.13. The quantitative estimate of drug-likeness (QED) is 0.921. The summed E-state index contributed by atoms with van der Waals surface area (Å²) in [5.74, 6) is 1.15. The van der Waals surface area contributed by atoms with Gasteiger partial charge in [0.25, 0.3) is 0 Å². The molecule has 0 aliphatic rings. The lowest BCUT2D eigenvalue weighted by Gasteiger charge is -2.12. The van der Waals surface area contributed by atoms with Crippen molar-refractivity contribution in [3.8, 4) is 0 Å². The van der Waals surface area contributed by atoms with E-state index < -0.39 is 0 Å². The van der Waals surface area contributed by atoms with E-state index in [2.05, 4.69) is 46.4 Å². The summed E-state index contributed by atoms with van der Waals surface area (Å²) in [5.41, 5.74) is 3.00. The van der Waals surface area contributed by atoms with Gasteiger partial charge >= 0.3 is 0 Å². The van der Waals surface area contributed by atoms with Crippen LogP contribution in [0.1, 0.15) is 54.8 Å². The van der Waals surface area contributed by atoms with E-state index in [9.17, 15) is 0 Å². The predicted octanol–water partition coefficient (Wildman–Crippen LogP) is 3.85. The summed E-state index contributed by atoms with van der Waals surface area (Å²) in [7, 11) is 0. The molecule has 1 atom stereocenters. The van der Waals surface area contributed by atoms with Gasteiger partial charge in [0.15, 0.2) is 0 Å². The molecule has 0 aliphatic carbocycles. The zero-order valence-corrected chi connectivity index (χ0v) is 12.9. The maximum absolute atomic E-state index is 4.65. The first kappa shape index (κ1) is 13.9. The predicted molar refractivity (Wildman–Crippen MR) is 79.7 cm³/mol. The summed E-state index contributed by atoms with van der Waals surface area (Å²) in [4.78, 5) is 13.4. The van der Waals surface area contributed by atoms with Gasteiger partial charge < -0.3 is 5.32 Å². The molecule has 102 valence electrons. The average Bonchev–Trinajstić information content (AvgIpc) is 2.76. The maximum Gasteiger partial charge on any atom is 0.223 e. The Morgan fingerprint density at radius 2 is 1.68 bits per heavy atom. The molecular formula is C14H20N4S. The molecule has 1 N–H and O–H groups in total. The van der Waals surface area contributed by atoms with Crippen LogP contribution in [0.5, 0.6) is 0 Å². The van der Waals surface area contributed by atoms with E-state index >= 15 is 0 Å². The zero-order chi connectivity index (χ0) is 14.0. The average molecular weight is 276 g/mol. The van der Waals surface area contributed by atoms with Gasteiger partial charge in [-0.05, 0) is 26.8 Å². The Bertz CT molecular complexity index is 542. The molecule has 0 radical (unpaired) electrons. The number of aromatic nitrogens is 3. The third-order valence-electron chi connectivity index (χ3n) is 2.81. The molecule has 0 aromatic carbocycles. The number of aryl methyl sites for hydroxylation is 2. The van der Waals surface area contributed by atoms with Crippen molar-refractivity contribution in [3.05, 3.63) is 33.5 Å².